The third kappa shape index (κ3) is 7.24. The second-order valence-electron chi connectivity index (χ2n) is 11.3. The van der Waals surface area contributed by atoms with Crippen LogP contribution in [0, 0.1) is 5.41 Å². The van der Waals surface area contributed by atoms with E-state index in [4.69, 9.17) is 14.2 Å². The summed E-state index contributed by atoms with van der Waals surface area (Å²) in [6, 6.07) is 14.0. The van der Waals surface area contributed by atoms with Crippen molar-refractivity contribution in [3.05, 3.63) is 78.9 Å². The van der Waals surface area contributed by atoms with Crippen LogP contribution in [0.15, 0.2) is 67.8 Å². The van der Waals surface area contributed by atoms with Crippen LogP contribution in [0.25, 0.3) is 17.2 Å². The van der Waals surface area contributed by atoms with Gasteiger partial charge in [0.15, 0.2) is 0 Å². The molecule has 3 rings (SSSR count). The molecule has 1 fully saturated rings. The Morgan fingerprint density at radius 3 is 2.37 bits per heavy atom. The lowest BCUT2D eigenvalue weighted by molar-refractivity contribution is -0.152. The fourth-order valence-corrected chi connectivity index (χ4v) is 5.18. The first-order valence-corrected chi connectivity index (χ1v) is 13.8. The molecular weight excluding hydrogens is 520 g/mol. The maximum Gasteiger partial charge on any atom is 0.407 e. The van der Waals surface area contributed by atoms with Gasteiger partial charge in [-0.05, 0) is 40.5 Å². The van der Waals surface area contributed by atoms with E-state index in [0.29, 0.717) is 12.8 Å². The SMILES string of the molecule is C=CCCCOC(=O)N[C@H](C(=O)N1CC(OC)(c2ccc(-c3ccccc3C=C)cc2)CC1C(=O)OC)C(C)(C)C. The van der Waals surface area contributed by atoms with Crippen LogP contribution < -0.4 is 5.32 Å². The number of ether oxygens (including phenoxy) is 3. The van der Waals surface area contributed by atoms with Crippen LogP contribution in [0.4, 0.5) is 4.79 Å². The third-order valence-corrected chi connectivity index (χ3v) is 7.54. The highest BCUT2D eigenvalue weighted by atomic mass is 16.5. The molecule has 1 heterocycles. The fraction of sp³-hybridized carbons (Fsp3) is 0.424. The number of carbonyl (C=O) groups excluding carboxylic acids is 3. The van der Waals surface area contributed by atoms with Crippen molar-refractivity contribution in [2.45, 2.75) is 57.7 Å². The number of unbranched alkanes of at least 4 members (excludes halogenated alkanes) is 1. The number of nitrogens with one attached hydrogen (secondary N) is 1. The molecule has 1 saturated heterocycles. The summed E-state index contributed by atoms with van der Waals surface area (Å²) in [5, 5.41) is 2.73. The van der Waals surface area contributed by atoms with E-state index in [0.717, 1.165) is 22.3 Å². The lowest BCUT2D eigenvalue weighted by Crippen LogP contribution is -2.57. The summed E-state index contributed by atoms with van der Waals surface area (Å²) in [4.78, 5) is 41.1. The maximum absolute atomic E-state index is 14.0. The van der Waals surface area contributed by atoms with E-state index in [1.807, 2.05) is 75.4 Å². The predicted molar refractivity (Wildman–Crippen MR) is 160 cm³/mol. The molecule has 0 aliphatic carbocycles. The van der Waals surface area contributed by atoms with Crippen molar-refractivity contribution in [1.29, 1.82) is 0 Å². The van der Waals surface area contributed by atoms with Crippen LogP contribution in [-0.2, 0) is 29.4 Å². The number of hydrogen-bond acceptors (Lipinski definition) is 6. The molecule has 2 aromatic carbocycles. The second kappa shape index (κ2) is 13.6. The summed E-state index contributed by atoms with van der Waals surface area (Å²) < 4.78 is 16.4. The van der Waals surface area contributed by atoms with Crippen LogP contribution in [0.2, 0.25) is 0 Å². The van der Waals surface area contributed by atoms with Gasteiger partial charge < -0.3 is 24.4 Å². The van der Waals surface area contributed by atoms with Crippen molar-refractivity contribution in [1.82, 2.24) is 10.2 Å². The third-order valence-electron chi connectivity index (χ3n) is 7.54. The highest BCUT2D eigenvalue weighted by Crippen LogP contribution is 2.41. The fourth-order valence-electron chi connectivity index (χ4n) is 5.18. The van der Waals surface area contributed by atoms with Gasteiger partial charge in [-0.25, -0.2) is 9.59 Å². The first-order chi connectivity index (χ1) is 19.5. The summed E-state index contributed by atoms with van der Waals surface area (Å²) in [6.07, 6.45) is 4.43. The zero-order chi connectivity index (χ0) is 30.2. The zero-order valence-corrected chi connectivity index (χ0v) is 24.8. The van der Waals surface area contributed by atoms with Gasteiger partial charge in [-0.3, -0.25) is 4.79 Å². The van der Waals surface area contributed by atoms with Gasteiger partial charge in [0.05, 0.1) is 20.3 Å². The topological polar surface area (TPSA) is 94.2 Å². The highest BCUT2D eigenvalue weighted by Gasteiger charge is 2.53. The number of esters is 1. The molecule has 220 valence electrons. The Balaban J connectivity index is 1.91. The number of amides is 2. The molecule has 2 aromatic rings. The first-order valence-electron chi connectivity index (χ1n) is 13.8. The highest BCUT2D eigenvalue weighted by molar-refractivity contribution is 5.91. The van der Waals surface area contributed by atoms with Gasteiger partial charge in [-0.2, -0.15) is 0 Å². The first kappa shape index (κ1) is 31.6. The van der Waals surface area contributed by atoms with Crippen LogP contribution in [0.5, 0.6) is 0 Å². The lowest BCUT2D eigenvalue weighted by atomic mass is 9.85. The summed E-state index contributed by atoms with van der Waals surface area (Å²) in [5.74, 6) is -0.958. The number of methoxy groups -OCH3 is 2. The van der Waals surface area contributed by atoms with Gasteiger partial charge in [-0.15, -0.1) is 6.58 Å². The molecule has 0 saturated carbocycles. The largest absolute Gasteiger partial charge is 0.467 e. The average molecular weight is 563 g/mol. The number of rotatable bonds is 11. The molecule has 8 heteroatoms. The van der Waals surface area contributed by atoms with E-state index in [1.54, 1.807) is 13.2 Å². The summed E-state index contributed by atoms with van der Waals surface area (Å²) >= 11 is 0. The number of benzene rings is 2. The van der Waals surface area contributed by atoms with Gasteiger partial charge in [0, 0.05) is 13.5 Å². The van der Waals surface area contributed by atoms with Crippen LogP contribution in [0.3, 0.4) is 0 Å². The zero-order valence-electron chi connectivity index (χ0n) is 24.8. The number of likely N-dealkylation sites (tertiary alicyclic amines) is 1. The van der Waals surface area contributed by atoms with Crippen molar-refractivity contribution >= 4 is 24.0 Å². The average Bonchev–Trinajstić information content (AvgIpc) is 3.38. The van der Waals surface area contributed by atoms with Crippen molar-refractivity contribution < 1.29 is 28.6 Å². The molecule has 2 unspecified atom stereocenters. The van der Waals surface area contributed by atoms with Gasteiger partial charge in [-0.1, -0.05) is 88.0 Å². The van der Waals surface area contributed by atoms with E-state index in [-0.39, 0.29) is 19.6 Å². The Morgan fingerprint density at radius 2 is 1.78 bits per heavy atom. The minimum Gasteiger partial charge on any atom is -0.467 e. The van der Waals surface area contributed by atoms with E-state index in [1.165, 1.54) is 12.0 Å². The molecular formula is C33H42N2O6. The number of alkyl carbamates (subject to hydrolysis) is 1. The molecule has 0 aromatic heterocycles. The minimum atomic E-state index is -0.960. The van der Waals surface area contributed by atoms with Crippen molar-refractivity contribution in [2.24, 2.45) is 5.41 Å². The van der Waals surface area contributed by atoms with Crippen LogP contribution >= 0.6 is 0 Å². The van der Waals surface area contributed by atoms with E-state index < -0.39 is 41.1 Å². The van der Waals surface area contributed by atoms with Gasteiger partial charge in [0.2, 0.25) is 5.91 Å². The van der Waals surface area contributed by atoms with Crippen molar-refractivity contribution in [2.75, 3.05) is 27.4 Å². The summed E-state index contributed by atoms with van der Waals surface area (Å²) in [5.41, 5.74) is 2.27. The lowest BCUT2D eigenvalue weighted by Gasteiger charge is -2.35. The molecule has 3 atom stereocenters. The van der Waals surface area contributed by atoms with Crippen LogP contribution in [0.1, 0.15) is 51.2 Å². The quantitative estimate of drug-likeness (QED) is 0.214. The molecule has 41 heavy (non-hydrogen) atoms. The van der Waals surface area contributed by atoms with E-state index in [9.17, 15) is 14.4 Å². The number of nitrogens with zero attached hydrogens (tertiary/aromatic N) is 1. The number of allylic oxidation sites excluding steroid dienone is 1. The molecule has 1 N–H and O–H groups in total. The standard InChI is InChI=1S/C33H42N2O6/c1-8-10-13-20-41-31(38)34-28(32(3,4)5)29(36)35-22-33(40-7,21-27(35)30(37)39-6)25-18-16-24(17-19-25)26-15-12-11-14-23(26)9-2/h8-9,11-12,14-19,27-28H,1-2,10,13,20-22H2,3-7H3,(H,34,38)/t27?,28-,33?/m1/s1. The molecule has 1 aliphatic heterocycles. The van der Waals surface area contributed by atoms with Crippen molar-refractivity contribution in [3.8, 4) is 11.1 Å². The minimum absolute atomic E-state index is 0.104. The van der Waals surface area contributed by atoms with Gasteiger partial charge >= 0.3 is 12.1 Å². The Kier molecular flexibility index (Phi) is 10.5. The molecule has 8 nitrogen and oxygen atoms in total. The number of hydrogen-bond donors (Lipinski definition) is 1. The molecule has 0 bridgehead atoms. The second-order valence-corrected chi connectivity index (χ2v) is 11.3. The molecule has 0 spiro atoms. The Labute approximate surface area is 243 Å². The Hall–Kier alpha value is -3.91. The maximum atomic E-state index is 14.0. The summed E-state index contributed by atoms with van der Waals surface area (Å²) in [6.45, 7) is 13.4. The van der Waals surface area contributed by atoms with Gasteiger partial charge in [0.1, 0.15) is 17.7 Å². The number of carbonyl (C=O) groups is 3. The Bertz CT molecular complexity index is 1250. The predicted octanol–water partition coefficient (Wildman–Crippen LogP) is 5.72. The Morgan fingerprint density at radius 1 is 1.10 bits per heavy atom. The van der Waals surface area contributed by atoms with E-state index >= 15 is 0 Å². The van der Waals surface area contributed by atoms with E-state index in [2.05, 4.69) is 18.5 Å². The monoisotopic (exact) mass is 562 g/mol. The summed E-state index contributed by atoms with van der Waals surface area (Å²) in [7, 11) is 2.87. The normalized spacial score (nSPS) is 19.2. The molecule has 0 radical (unpaired) electrons. The molecule has 1 aliphatic rings. The van der Waals surface area contributed by atoms with Crippen molar-refractivity contribution in [3.63, 3.8) is 0 Å². The smallest absolute Gasteiger partial charge is 0.407 e. The van der Waals surface area contributed by atoms with Crippen LogP contribution in [-0.4, -0.2) is 62.3 Å². The molecule has 2 amide bonds. The van der Waals surface area contributed by atoms with Gasteiger partial charge in [0.25, 0.3) is 0 Å².